The van der Waals surface area contributed by atoms with Crippen LogP contribution in [0.3, 0.4) is 0 Å². The highest BCUT2D eigenvalue weighted by Gasteiger charge is 2.36. The van der Waals surface area contributed by atoms with E-state index in [1.54, 1.807) is 6.07 Å². The van der Waals surface area contributed by atoms with E-state index in [-0.39, 0.29) is 5.82 Å². The van der Waals surface area contributed by atoms with Crippen LogP contribution < -0.4 is 10.2 Å². The van der Waals surface area contributed by atoms with E-state index < -0.39 is 12.0 Å². The lowest BCUT2D eigenvalue weighted by molar-refractivity contribution is -0.144. The maximum atomic E-state index is 12.9. The molecule has 2 rings (SSSR count). The van der Waals surface area contributed by atoms with Crippen molar-refractivity contribution in [2.24, 2.45) is 11.8 Å². The molecule has 0 spiro atoms. The molecular formula is C14H21F3N4. The first-order valence-electron chi connectivity index (χ1n) is 7.26. The summed E-state index contributed by atoms with van der Waals surface area (Å²) in [5.41, 5.74) is 0. The summed E-state index contributed by atoms with van der Waals surface area (Å²) in [6.07, 6.45) is -3.57. The summed E-state index contributed by atoms with van der Waals surface area (Å²) in [5, 5.41) is 2.84. The first-order chi connectivity index (χ1) is 9.81. The average Bonchev–Trinajstić information content (AvgIpc) is 2.41. The minimum absolute atomic E-state index is 0.223. The van der Waals surface area contributed by atoms with Gasteiger partial charge >= 0.3 is 6.18 Å². The fourth-order valence-electron chi connectivity index (χ4n) is 2.47. The summed E-state index contributed by atoms with van der Waals surface area (Å²) in [6.45, 7) is 8.08. The third-order valence-electron chi connectivity index (χ3n) is 3.98. The quantitative estimate of drug-likeness (QED) is 0.929. The first-order valence-corrected chi connectivity index (χ1v) is 7.26. The Kier molecular flexibility index (Phi) is 4.58. The van der Waals surface area contributed by atoms with Crippen LogP contribution in [0, 0.1) is 11.8 Å². The lowest BCUT2D eigenvalue weighted by Gasteiger charge is -2.36. The fourth-order valence-corrected chi connectivity index (χ4v) is 2.47. The molecule has 2 unspecified atom stereocenters. The molecule has 118 valence electrons. The van der Waals surface area contributed by atoms with Crippen LogP contribution in [0.15, 0.2) is 6.07 Å². The second-order valence-electron chi connectivity index (χ2n) is 5.65. The van der Waals surface area contributed by atoms with Crippen molar-refractivity contribution >= 4 is 11.6 Å². The predicted octanol–water partition coefficient (Wildman–Crippen LogP) is 3.41. The van der Waals surface area contributed by atoms with Gasteiger partial charge in [-0.3, -0.25) is 0 Å². The number of hydrogen-bond acceptors (Lipinski definition) is 4. The van der Waals surface area contributed by atoms with Gasteiger partial charge in [0, 0.05) is 25.7 Å². The molecule has 0 amide bonds. The fraction of sp³-hybridized carbons (Fsp3) is 0.714. The lowest BCUT2D eigenvalue weighted by atomic mass is 9.89. The Labute approximate surface area is 122 Å². The van der Waals surface area contributed by atoms with Crippen LogP contribution in [-0.2, 0) is 6.18 Å². The number of halogens is 3. The SMILES string of the molecule is CCNc1cc(N2CCC(C)C(C)C2)nc(C(F)(F)F)n1. The number of aromatic nitrogens is 2. The summed E-state index contributed by atoms with van der Waals surface area (Å²) in [6, 6.07) is 1.60. The smallest absolute Gasteiger partial charge is 0.370 e. The molecule has 1 N–H and O–H groups in total. The maximum absolute atomic E-state index is 12.9. The number of hydrogen-bond donors (Lipinski definition) is 1. The molecule has 0 bridgehead atoms. The van der Waals surface area contributed by atoms with E-state index in [1.807, 2.05) is 11.8 Å². The van der Waals surface area contributed by atoms with Crippen molar-refractivity contribution in [2.75, 3.05) is 29.9 Å². The number of nitrogens with one attached hydrogen (secondary N) is 1. The molecule has 0 radical (unpaired) electrons. The molecule has 1 aliphatic heterocycles. The molecular weight excluding hydrogens is 281 g/mol. The summed E-state index contributed by atoms with van der Waals surface area (Å²) < 4.78 is 38.8. The average molecular weight is 302 g/mol. The number of alkyl halides is 3. The van der Waals surface area contributed by atoms with Crippen LogP contribution in [0.5, 0.6) is 0 Å². The zero-order valence-corrected chi connectivity index (χ0v) is 12.5. The minimum Gasteiger partial charge on any atom is -0.370 e. The van der Waals surface area contributed by atoms with Gasteiger partial charge < -0.3 is 10.2 Å². The molecule has 2 atom stereocenters. The van der Waals surface area contributed by atoms with Gasteiger partial charge in [-0.25, -0.2) is 9.97 Å². The van der Waals surface area contributed by atoms with Gasteiger partial charge in [0.15, 0.2) is 0 Å². The zero-order valence-electron chi connectivity index (χ0n) is 12.5. The van der Waals surface area contributed by atoms with Gasteiger partial charge in [0.05, 0.1) is 0 Å². The van der Waals surface area contributed by atoms with Gasteiger partial charge in [0.25, 0.3) is 0 Å². The van der Waals surface area contributed by atoms with E-state index in [4.69, 9.17) is 0 Å². The summed E-state index contributed by atoms with van der Waals surface area (Å²) in [4.78, 5) is 9.19. The molecule has 0 aliphatic carbocycles. The molecule has 2 heterocycles. The second kappa shape index (κ2) is 6.07. The first kappa shape index (κ1) is 15.9. The number of nitrogens with zero attached hydrogens (tertiary/aromatic N) is 3. The van der Waals surface area contributed by atoms with Gasteiger partial charge in [-0.15, -0.1) is 0 Å². The number of rotatable bonds is 3. The van der Waals surface area contributed by atoms with Gasteiger partial charge in [-0.2, -0.15) is 13.2 Å². The standard InChI is InChI=1S/C14H21F3N4/c1-4-18-11-7-12(20-13(19-11)14(15,16)17)21-6-5-9(2)10(3)8-21/h7,9-10H,4-6,8H2,1-3H3,(H,18,19,20). The largest absolute Gasteiger partial charge is 0.451 e. The predicted molar refractivity (Wildman–Crippen MR) is 76.4 cm³/mol. The molecule has 7 heteroatoms. The highest BCUT2D eigenvalue weighted by molar-refractivity contribution is 5.50. The van der Waals surface area contributed by atoms with Crippen LogP contribution in [0.25, 0.3) is 0 Å². The van der Waals surface area contributed by atoms with Crippen LogP contribution >= 0.6 is 0 Å². The van der Waals surface area contributed by atoms with Crippen molar-refractivity contribution in [3.63, 3.8) is 0 Å². The van der Waals surface area contributed by atoms with Crippen LogP contribution in [-0.4, -0.2) is 29.6 Å². The Balaban J connectivity index is 2.31. The Hall–Kier alpha value is -1.53. The summed E-state index contributed by atoms with van der Waals surface area (Å²) in [7, 11) is 0. The van der Waals surface area contributed by atoms with Gasteiger partial charge in [-0.1, -0.05) is 13.8 Å². The monoisotopic (exact) mass is 302 g/mol. The van der Waals surface area contributed by atoms with Crippen LogP contribution in [0.2, 0.25) is 0 Å². The molecule has 1 fully saturated rings. The molecule has 0 saturated carbocycles. The summed E-state index contributed by atoms with van der Waals surface area (Å²) in [5.74, 6) is 0.513. The van der Waals surface area contributed by atoms with Gasteiger partial charge in [0.1, 0.15) is 11.6 Å². The van der Waals surface area contributed by atoms with E-state index in [0.29, 0.717) is 24.2 Å². The highest BCUT2D eigenvalue weighted by Crippen LogP contribution is 2.31. The van der Waals surface area contributed by atoms with E-state index in [0.717, 1.165) is 19.5 Å². The van der Waals surface area contributed by atoms with Crippen molar-refractivity contribution < 1.29 is 13.2 Å². The molecule has 0 aromatic carbocycles. The molecule has 1 aromatic heterocycles. The normalized spacial score (nSPS) is 23.2. The van der Waals surface area contributed by atoms with Crippen LogP contribution in [0.4, 0.5) is 24.8 Å². The molecule has 21 heavy (non-hydrogen) atoms. The third kappa shape index (κ3) is 3.77. The Morgan fingerprint density at radius 1 is 1.29 bits per heavy atom. The Morgan fingerprint density at radius 3 is 2.57 bits per heavy atom. The molecule has 1 aliphatic rings. The van der Waals surface area contributed by atoms with E-state index >= 15 is 0 Å². The van der Waals surface area contributed by atoms with Crippen molar-refractivity contribution in [3.8, 4) is 0 Å². The maximum Gasteiger partial charge on any atom is 0.451 e. The van der Waals surface area contributed by atoms with Crippen molar-refractivity contribution in [3.05, 3.63) is 11.9 Å². The Morgan fingerprint density at radius 2 is 2.00 bits per heavy atom. The molecule has 1 saturated heterocycles. The molecule has 4 nitrogen and oxygen atoms in total. The minimum atomic E-state index is -4.53. The molecule has 1 aromatic rings. The van der Waals surface area contributed by atoms with E-state index in [2.05, 4.69) is 29.1 Å². The van der Waals surface area contributed by atoms with Gasteiger partial charge in [-0.05, 0) is 25.2 Å². The van der Waals surface area contributed by atoms with Crippen molar-refractivity contribution in [2.45, 2.75) is 33.4 Å². The summed E-state index contributed by atoms with van der Waals surface area (Å²) >= 11 is 0. The lowest BCUT2D eigenvalue weighted by Crippen LogP contribution is -2.39. The van der Waals surface area contributed by atoms with E-state index in [9.17, 15) is 13.2 Å². The van der Waals surface area contributed by atoms with E-state index in [1.165, 1.54) is 0 Å². The van der Waals surface area contributed by atoms with Crippen molar-refractivity contribution in [1.29, 1.82) is 0 Å². The highest BCUT2D eigenvalue weighted by atomic mass is 19.4. The number of anilines is 2. The zero-order chi connectivity index (χ0) is 15.6. The number of piperidine rings is 1. The van der Waals surface area contributed by atoms with Gasteiger partial charge in [0.2, 0.25) is 5.82 Å². The van der Waals surface area contributed by atoms with Crippen molar-refractivity contribution in [1.82, 2.24) is 9.97 Å². The Bertz CT molecular complexity index is 490. The topological polar surface area (TPSA) is 41.0 Å². The second-order valence-corrected chi connectivity index (χ2v) is 5.65. The third-order valence-corrected chi connectivity index (χ3v) is 3.98. The van der Waals surface area contributed by atoms with Crippen LogP contribution in [0.1, 0.15) is 33.0 Å².